The Bertz CT molecular complexity index is 2450. The lowest BCUT2D eigenvalue weighted by Crippen LogP contribution is -2.02. The molecule has 9 rings (SSSR count). The van der Waals surface area contributed by atoms with E-state index in [-0.39, 0.29) is 0 Å². The summed E-state index contributed by atoms with van der Waals surface area (Å²) in [5.74, 6) is 1.58. The highest BCUT2D eigenvalue weighted by molar-refractivity contribution is 7.26. The maximum absolute atomic E-state index is 5.36. The summed E-state index contributed by atoms with van der Waals surface area (Å²) < 4.78 is 4.61. The normalized spacial score (nSPS) is 12.0. The predicted octanol–water partition coefficient (Wildman–Crippen LogP) is 9.31. The van der Waals surface area contributed by atoms with Crippen LogP contribution in [0, 0.1) is 0 Å². The van der Waals surface area contributed by atoms with Crippen molar-refractivity contribution in [1.29, 1.82) is 0 Å². The smallest absolute Gasteiger partial charge is 0.164 e. The van der Waals surface area contributed by atoms with Gasteiger partial charge in [0, 0.05) is 38.0 Å². The lowest BCUT2D eigenvalue weighted by molar-refractivity contribution is 1.08. The Kier molecular flexibility index (Phi) is 4.45. The molecule has 4 heterocycles. The van der Waals surface area contributed by atoms with Gasteiger partial charge in [-0.3, -0.25) is 9.55 Å². The van der Waals surface area contributed by atoms with Gasteiger partial charge in [-0.15, -0.1) is 11.3 Å². The van der Waals surface area contributed by atoms with Crippen molar-refractivity contribution in [2.75, 3.05) is 0 Å². The molecule has 0 aliphatic carbocycles. The maximum Gasteiger partial charge on any atom is 0.164 e. The predicted molar refractivity (Wildman–Crippen MR) is 168 cm³/mol. The molecule has 40 heavy (non-hydrogen) atoms. The second-order valence-corrected chi connectivity index (χ2v) is 11.1. The minimum absolute atomic E-state index is 0.682. The molecule has 0 aliphatic rings. The second-order valence-electron chi connectivity index (χ2n) is 10.1. The van der Waals surface area contributed by atoms with Crippen LogP contribution in [0.2, 0.25) is 0 Å². The van der Waals surface area contributed by atoms with Gasteiger partial charge in [0.25, 0.3) is 0 Å². The largest absolute Gasteiger partial charge is 0.292 e. The van der Waals surface area contributed by atoms with Crippen molar-refractivity contribution >= 4 is 75.1 Å². The van der Waals surface area contributed by atoms with E-state index >= 15 is 0 Å². The Morgan fingerprint density at radius 2 is 1.30 bits per heavy atom. The van der Waals surface area contributed by atoms with Crippen molar-refractivity contribution < 1.29 is 0 Å². The molecule has 0 bridgehead atoms. The first-order valence-corrected chi connectivity index (χ1v) is 14.1. The molecule has 4 nitrogen and oxygen atoms in total. The van der Waals surface area contributed by atoms with Crippen LogP contribution < -0.4 is 0 Å². The van der Waals surface area contributed by atoms with Gasteiger partial charge in [-0.25, -0.2) is 9.97 Å². The standard InChI is InChI=1S/C35H20N4S/c1-2-10-23-20-29-27(19-22(23)9-1)24-13-3-5-16-28(24)39(29)35-33-32(25-14-4-6-17-30(25)40-33)37-34(38-35)26-15-7-11-21-12-8-18-36-31(21)26/h1-20H. The third-order valence-corrected chi connectivity index (χ3v) is 8.98. The van der Waals surface area contributed by atoms with E-state index in [0.717, 1.165) is 48.9 Å². The third kappa shape index (κ3) is 3.04. The molecule has 5 aromatic carbocycles. The maximum atomic E-state index is 5.36. The number of para-hydroxylation sites is 2. The number of nitrogens with zero attached hydrogens (tertiary/aromatic N) is 4. The summed E-state index contributed by atoms with van der Waals surface area (Å²) in [5, 5.41) is 7.09. The van der Waals surface area contributed by atoms with E-state index in [1.165, 1.54) is 26.2 Å². The molecule has 0 atom stereocenters. The zero-order valence-electron chi connectivity index (χ0n) is 21.2. The fourth-order valence-corrected chi connectivity index (χ4v) is 7.14. The van der Waals surface area contributed by atoms with Crippen LogP contribution >= 0.6 is 11.3 Å². The van der Waals surface area contributed by atoms with Crippen molar-refractivity contribution in [3.8, 4) is 17.2 Å². The van der Waals surface area contributed by atoms with Crippen LogP contribution in [0.15, 0.2) is 121 Å². The number of rotatable bonds is 2. The average Bonchev–Trinajstić information content (AvgIpc) is 3.55. The minimum Gasteiger partial charge on any atom is -0.292 e. The highest BCUT2D eigenvalue weighted by atomic mass is 32.1. The molecule has 0 fully saturated rings. The first-order valence-electron chi connectivity index (χ1n) is 13.3. The molecule has 0 spiro atoms. The Balaban J connectivity index is 1.48. The van der Waals surface area contributed by atoms with E-state index in [4.69, 9.17) is 15.0 Å². The van der Waals surface area contributed by atoms with Gasteiger partial charge < -0.3 is 0 Å². The van der Waals surface area contributed by atoms with Crippen LogP contribution in [0.1, 0.15) is 0 Å². The van der Waals surface area contributed by atoms with Gasteiger partial charge in [-0.05, 0) is 47.2 Å². The quantitative estimate of drug-likeness (QED) is 0.225. The summed E-state index contributed by atoms with van der Waals surface area (Å²) in [4.78, 5) is 15.3. The van der Waals surface area contributed by atoms with Crippen LogP contribution in [-0.4, -0.2) is 19.5 Å². The summed E-state index contributed by atoms with van der Waals surface area (Å²) in [5.41, 5.74) is 5.08. The molecular weight excluding hydrogens is 508 g/mol. The van der Waals surface area contributed by atoms with Crippen LogP contribution in [0.25, 0.3) is 81.0 Å². The van der Waals surface area contributed by atoms with E-state index in [2.05, 4.69) is 114 Å². The minimum atomic E-state index is 0.682. The van der Waals surface area contributed by atoms with Gasteiger partial charge in [0.2, 0.25) is 0 Å². The molecule has 4 aromatic heterocycles. The number of fused-ring (bicyclic) bond motifs is 8. The van der Waals surface area contributed by atoms with Gasteiger partial charge in [0.05, 0.1) is 26.8 Å². The SMILES string of the molecule is c1ccc2cc3c(cc2c1)c1ccccc1n3-c1nc(-c2cccc3cccnc23)nc2c1sc1ccccc12. The number of pyridine rings is 1. The number of aromatic nitrogens is 4. The van der Waals surface area contributed by atoms with Gasteiger partial charge in [-0.2, -0.15) is 0 Å². The van der Waals surface area contributed by atoms with E-state index in [1.807, 2.05) is 12.3 Å². The van der Waals surface area contributed by atoms with Crippen molar-refractivity contribution in [2.45, 2.75) is 0 Å². The number of benzene rings is 5. The molecule has 5 heteroatoms. The fourth-order valence-electron chi connectivity index (χ4n) is 6.02. The third-order valence-electron chi connectivity index (χ3n) is 7.83. The topological polar surface area (TPSA) is 43.6 Å². The van der Waals surface area contributed by atoms with E-state index in [1.54, 1.807) is 11.3 Å². The molecule has 9 aromatic rings. The van der Waals surface area contributed by atoms with Crippen molar-refractivity contribution in [3.63, 3.8) is 0 Å². The Morgan fingerprint density at radius 1 is 0.550 bits per heavy atom. The van der Waals surface area contributed by atoms with Gasteiger partial charge >= 0.3 is 0 Å². The van der Waals surface area contributed by atoms with Crippen molar-refractivity contribution in [1.82, 2.24) is 19.5 Å². The Morgan fingerprint density at radius 3 is 2.23 bits per heavy atom. The second kappa shape index (κ2) is 8.18. The fraction of sp³-hybridized carbons (Fsp3) is 0. The van der Waals surface area contributed by atoms with Crippen LogP contribution in [0.4, 0.5) is 0 Å². The van der Waals surface area contributed by atoms with Crippen LogP contribution in [0.3, 0.4) is 0 Å². The molecular formula is C35H20N4S. The van der Waals surface area contributed by atoms with E-state index in [0.29, 0.717) is 5.82 Å². The molecule has 0 unspecified atom stereocenters. The molecule has 0 aliphatic heterocycles. The monoisotopic (exact) mass is 528 g/mol. The first kappa shape index (κ1) is 21.8. The summed E-state index contributed by atoms with van der Waals surface area (Å²) in [7, 11) is 0. The van der Waals surface area contributed by atoms with E-state index < -0.39 is 0 Å². The Hall–Kier alpha value is -5.13. The van der Waals surface area contributed by atoms with Crippen LogP contribution in [-0.2, 0) is 0 Å². The molecule has 186 valence electrons. The summed E-state index contributed by atoms with van der Waals surface area (Å²) in [6.07, 6.45) is 1.84. The summed E-state index contributed by atoms with van der Waals surface area (Å²) in [6.45, 7) is 0. The van der Waals surface area contributed by atoms with E-state index in [9.17, 15) is 0 Å². The highest BCUT2D eigenvalue weighted by Crippen LogP contribution is 2.41. The number of hydrogen-bond acceptors (Lipinski definition) is 4. The zero-order chi connectivity index (χ0) is 26.2. The van der Waals surface area contributed by atoms with Gasteiger partial charge in [-0.1, -0.05) is 78.9 Å². The van der Waals surface area contributed by atoms with Crippen LogP contribution in [0.5, 0.6) is 0 Å². The summed E-state index contributed by atoms with van der Waals surface area (Å²) >= 11 is 1.75. The molecule has 0 saturated carbocycles. The number of thiophene rings is 1. The molecule has 0 radical (unpaired) electrons. The lowest BCUT2D eigenvalue weighted by atomic mass is 10.1. The molecule has 0 saturated heterocycles. The first-order chi connectivity index (χ1) is 19.8. The van der Waals surface area contributed by atoms with Gasteiger partial charge in [0.1, 0.15) is 0 Å². The van der Waals surface area contributed by atoms with Crippen molar-refractivity contribution in [3.05, 3.63) is 121 Å². The molecule has 0 N–H and O–H groups in total. The lowest BCUT2D eigenvalue weighted by Gasteiger charge is -2.12. The van der Waals surface area contributed by atoms with Gasteiger partial charge in [0.15, 0.2) is 11.6 Å². The highest BCUT2D eigenvalue weighted by Gasteiger charge is 2.21. The zero-order valence-corrected chi connectivity index (χ0v) is 22.1. The number of hydrogen-bond donors (Lipinski definition) is 0. The average molecular weight is 529 g/mol. The van der Waals surface area contributed by atoms with Crippen molar-refractivity contribution in [2.24, 2.45) is 0 Å². The molecule has 0 amide bonds. The summed E-state index contributed by atoms with van der Waals surface area (Å²) in [6, 6.07) is 40.6. The Labute approximate surface area is 232 Å².